The van der Waals surface area contributed by atoms with Crippen LogP contribution in [0.1, 0.15) is 24.8 Å². The van der Waals surface area contributed by atoms with Gasteiger partial charge < -0.3 is 10.6 Å². The summed E-state index contributed by atoms with van der Waals surface area (Å²) in [4.78, 5) is 14.2. The molecule has 3 rings (SSSR count). The number of nitrogens with two attached hydrogens (primary N) is 1. The number of carbonyl (C=O) groups excluding carboxylic acids is 1. The van der Waals surface area contributed by atoms with E-state index >= 15 is 0 Å². The number of hydrogen-bond acceptors (Lipinski definition) is 3. The molecule has 0 radical (unpaired) electrons. The molecule has 0 spiro atoms. The van der Waals surface area contributed by atoms with Crippen molar-refractivity contribution in [2.45, 2.75) is 37.9 Å². The second kappa shape index (κ2) is 3.86. The Labute approximate surface area is 99.2 Å². The van der Waals surface area contributed by atoms with Gasteiger partial charge in [-0.2, -0.15) is 11.3 Å². The lowest BCUT2D eigenvalue weighted by molar-refractivity contribution is -0.133. The van der Waals surface area contributed by atoms with Crippen molar-refractivity contribution in [3.05, 3.63) is 22.4 Å². The highest BCUT2D eigenvalue weighted by Gasteiger charge is 2.45. The van der Waals surface area contributed by atoms with Gasteiger partial charge in [0.2, 0.25) is 5.91 Å². The van der Waals surface area contributed by atoms with Crippen molar-refractivity contribution in [1.82, 2.24) is 4.90 Å². The van der Waals surface area contributed by atoms with E-state index in [9.17, 15) is 4.79 Å². The molecule has 16 heavy (non-hydrogen) atoms. The Hall–Kier alpha value is -0.870. The Kier molecular flexibility index (Phi) is 2.48. The molecule has 2 fully saturated rings. The van der Waals surface area contributed by atoms with Crippen molar-refractivity contribution in [1.29, 1.82) is 0 Å². The molecule has 0 aromatic carbocycles. The maximum atomic E-state index is 12.2. The average Bonchev–Trinajstić information content (AvgIpc) is 3.17. The zero-order valence-electron chi connectivity index (χ0n) is 9.13. The second-order valence-corrected chi connectivity index (χ2v) is 5.61. The van der Waals surface area contributed by atoms with Crippen molar-refractivity contribution in [3.8, 4) is 0 Å². The minimum absolute atomic E-state index is 0.110. The van der Waals surface area contributed by atoms with E-state index in [1.165, 1.54) is 5.56 Å². The number of rotatable bonds is 4. The third-order valence-electron chi connectivity index (χ3n) is 3.36. The van der Waals surface area contributed by atoms with Gasteiger partial charge in [0.15, 0.2) is 0 Å². The summed E-state index contributed by atoms with van der Waals surface area (Å²) in [6, 6.07) is 2.71. The zero-order valence-corrected chi connectivity index (χ0v) is 9.95. The van der Waals surface area contributed by atoms with E-state index in [0.29, 0.717) is 6.04 Å². The summed E-state index contributed by atoms with van der Waals surface area (Å²) in [6.07, 6.45) is 3.21. The van der Waals surface area contributed by atoms with Crippen LogP contribution in [0.15, 0.2) is 16.8 Å². The molecule has 0 saturated heterocycles. The number of amides is 1. The Bertz CT molecular complexity index is 386. The first-order valence-electron chi connectivity index (χ1n) is 5.83. The standard InChI is InChI=1S/C12H16N2OS/c13-11-5-10(11)12(15)14(9-1-2-9)6-8-3-4-16-7-8/h3-4,7,9-11H,1-2,5-6,13H2. The van der Waals surface area contributed by atoms with Crippen molar-refractivity contribution in [2.75, 3.05) is 0 Å². The molecule has 4 heteroatoms. The second-order valence-electron chi connectivity index (χ2n) is 4.83. The molecule has 2 atom stereocenters. The summed E-state index contributed by atoms with van der Waals surface area (Å²) in [5.74, 6) is 0.389. The molecule has 2 unspecified atom stereocenters. The van der Waals surface area contributed by atoms with E-state index in [4.69, 9.17) is 5.73 Å². The first-order chi connectivity index (χ1) is 7.75. The Morgan fingerprint density at radius 1 is 1.56 bits per heavy atom. The monoisotopic (exact) mass is 236 g/mol. The maximum Gasteiger partial charge on any atom is 0.227 e. The molecule has 0 bridgehead atoms. The Balaban J connectivity index is 1.69. The fraction of sp³-hybridized carbons (Fsp3) is 0.583. The van der Waals surface area contributed by atoms with Gasteiger partial charge in [-0.05, 0) is 41.7 Å². The van der Waals surface area contributed by atoms with E-state index in [-0.39, 0.29) is 17.9 Å². The van der Waals surface area contributed by atoms with Gasteiger partial charge in [0.25, 0.3) is 0 Å². The van der Waals surface area contributed by atoms with Gasteiger partial charge in [-0.15, -0.1) is 0 Å². The molecule has 86 valence electrons. The van der Waals surface area contributed by atoms with Crippen LogP contribution in [0.5, 0.6) is 0 Å². The highest BCUT2D eigenvalue weighted by Crippen LogP contribution is 2.36. The molecular weight excluding hydrogens is 220 g/mol. The van der Waals surface area contributed by atoms with Crippen molar-refractivity contribution < 1.29 is 4.79 Å². The molecule has 2 saturated carbocycles. The lowest BCUT2D eigenvalue weighted by Crippen LogP contribution is -2.35. The summed E-state index contributed by atoms with van der Waals surface area (Å²) in [5.41, 5.74) is 7.00. The lowest BCUT2D eigenvalue weighted by Gasteiger charge is -2.22. The molecule has 2 aliphatic rings. The minimum Gasteiger partial charge on any atom is -0.335 e. The van der Waals surface area contributed by atoms with E-state index in [0.717, 1.165) is 25.8 Å². The Morgan fingerprint density at radius 2 is 2.31 bits per heavy atom. The van der Waals surface area contributed by atoms with Gasteiger partial charge in [-0.25, -0.2) is 0 Å². The molecule has 2 N–H and O–H groups in total. The smallest absolute Gasteiger partial charge is 0.227 e. The van der Waals surface area contributed by atoms with Crippen LogP contribution in [0.2, 0.25) is 0 Å². The maximum absolute atomic E-state index is 12.2. The fourth-order valence-corrected chi connectivity index (χ4v) is 2.72. The molecule has 1 aromatic rings. The number of thiophene rings is 1. The molecule has 0 aliphatic heterocycles. The first kappa shape index (κ1) is 10.3. The molecule has 2 aliphatic carbocycles. The van der Waals surface area contributed by atoms with Crippen LogP contribution >= 0.6 is 11.3 Å². The summed E-state index contributed by atoms with van der Waals surface area (Å²) < 4.78 is 0. The molecular formula is C12H16N2OS. The predicted molar refractivity (Wildman–Crippen MR) is 64.0 cm³/mol. The van der Waals surface area contributed by atoms with E-state index in [2.05, 4.69) is 16.8 Å². The summed E-state index contributed by atoms with van der Waals surface area (Å²) >= 11 is 1.69. The number of nitrogens with zero attached hydrogens (tertiary/aromatic N) is 1. The van der Waals surface area contributed by atoms with Crippen LogP contribution in [-0.2, 0) is 11.3 Å². The van der Waals surface area contributed by atoms with Crippen LogP contribution in [0.3, 0.4) is 0 Å². The van der Waals surface area contributed by atoms with Crippen LogP contribution in [0.4, 0.5) is 0 Å². The van der Waals surface area contributed by atoms with E-state index < -0.39 is 0 Å². The van der Waals surface area contributed by atoms with Gasteiger partial charge in [-0.3, -0.25) is 4.79 Å². The van der Waals surface area contributed by atoms with E-state index in [1.807, 2.05) is 4.90 Å². The van der Waals surface area contributed by atoms with Crippen LogP contribution in [-0.4, -0.2) is 22.9 Å². The molecule has 3 nitrogen and oxygen atoms in total. The van der Waals surface area contributed by atoms with Gasteiger partial charge >= 0.3 is 0 Å². The van der Waals surface area contributed by atoms with E-state index in [1.54, 1.807) is 11.3 Å². The SMILES string of the molecule is NC1CC1C(=O)N(Cc1ccsc1)C1CC1. The van der Waals surface area contributed by atoms with Crippen LogP contribution < -0.4 is 5.73 Å². The lowest BCUT2D eigenvalue weighted by atomic mass is 10.2. The first-order valence-corrected chi connectivity index (χ1v) is 6.77. The van der Waals surface area contributed by atoms with Gasteiger partial charge in [0.1, 0.15) is 0 Å². The summed E-state index contributed by atoms with van der Waals surface area (Å²) in [7, 11) is 0. The van der Waals surface area contributed by atoms with Gasteiger partial charge in [-0.1, -0.05) is 0 Å². The predicted octanol–water partition coefficient (Wildman–Crippen LogP) is 1.59. The van der Waals surface area contributed by atoms with Crippen molar-refractivity contribution in [3.63, 3.8) is 0 Å². The van der Waals surface area contributed by atoms with Crippen molar-refractivity contribution >= 4 is 17.2 Å². The van der Waals surface area contributed by atoms with Crippen molar-refractivity contribution in [2.24, 2.45) is 11.7 Å². The zero-order chi connectivity index (χ0) is 11.1. The summed E-state index contributed by atoms with van der Waals surface area (Å²) in [5, 5.41) is 4.18. The fourth-order valence-electron chi connectivity index (χ4n) is 2.06. The van der Waals surface area contributed by atoms with Gasteiger partial charge in [0.05, 0.1) is 5.92 Å². The third kappa shape index (κ3) is 1.99. The number of hydrogen-bond donors (Lipinski definition) is 1. The largest absolute Gasteiger partial charge is 0.335 e. The minimum atomic E-state index is 0.110. The molecule has 1 heterocycles. The summed E-state index contributed by atoms with van der Waals surface area (Å²) in [6.45, 7) is 0.774. The number of carbonyl (C=O) groups is 1. The molecule has 1 amide bonds. The highest BCUT2D eigenvalue weighted by molar-refractivity contribution is 7.07. The van der Waals surface area contributed by atoms with Crippen LogP contribution in [0, 0.1) is 5.92 Å². The average molecular weight is 236 g/mol. The highest BCUT2D eigenvalue weighted by atomic mass is 32.1. The Morgan fingerprint density at radius 3 is 2.81 bits per heavy atom. The van der Waals surface area contributed by atoms with Gasteiger partial charge in [0, 0.05) is 18.6 Å². The third-order valence-corrected chi connectivity index (χ3v) is 4.09. The topological polar surface area (TPSA) is 46.3 Å². The normalized spacial score (nSPS) is 27.8. The molecule has 1 aromatic heterocycles. The quantitative estimate of drug-likeness (QED) is 0.863. The van der Waals surface area contributed by atoms with Crippen LogP contribution in [0.25, 0.3) is 0 Å².